The van der Waals surface area contributed by atoms with E-state index in [1.807, 2.05) is 6.92 Å². The van der Waals surface area contributed by atoms with E-state index >= 15 is 0 Å². The number of nitrogens with zero attached hydrogens (tertiary/aromatic N) is 1. The molecule has 1 unspecified atom stereocenters. The molecule has 5 nitrogen and oxygen atoms in total. The molecule has 7 heteroatoms. The molecule has 1 heterocycles. The fourth-order valence-corrected chi connectivity index (χ4v) is 3.35. The van der Waals surface area contributed by atoms with Crippen LogP contribution in [-0.4, -0.2) is 27.7 Å². The summed E-state index contributed by atoms with van der Waals surface area (Å²) >= 11 is 6.07. The van der Waals surface area contributed by atoms with Gasteiger partial charge in [-0.3, -0.25) is 14.2 Å². The van der Waals surface area contributed by atoms with Gasteiger partial charge in [0.25, 0.3) is 5.91 Å². The number of rotatable bonds is 5. The average Bonchev–Trinajstić information content (AvgIpc) is 2.93. The molecule has 152 valence electrons. The highest BCUT2D eigenvalue weighted by atomic mass is 35.5. The molecule has 0 aliphatic heterocycles. The van der Waals surface area contributed by atoms with E-state index in [-0.39, 0.29) is 28.9 Å². The van der Waals surface area contributed by atoms with Crippen LogP contribution in [0.5, 0.6) is 5.75 Å². The molecule has 2 aromatic carbocycles. The van der Waals surface area contributed by atoms with Crippen LogP contribution in [0.1, 0.15) is 41.9 Å². The van der Waals surface area contributed by atoms with Crippen LogP contribution in [-0.2, 0) is 16.0 Å². The predicted octanol–water partition coefficient (Wildman–Crippen LogP) is 5.02. The summed E-state index contributed by atoms with van der Waals surface area (Å²) < 4.78 is 20.0. The summed E-state index contributed by atoms with van der Waals surface area (Å²) in [4.78, 5) is 25.5. The van der Waals surface area contributed by atoms with Gasteiger partial charge in [-0.05, 0) is 62.2 Å². The van der Waals surface area contributed by atoms with E-state index in [1.54, 1.807) is 13.8 Å². The van der Waals surface area contributed by atoms with Crippen LogP contribution >= 0.6 is 11.6 Å². The van der Waals surface area contributed by atoms with Gasteiger partial charge in [-0.15, -0.1) is 0 Å². The third kappa shape index (κ3) is 4.12. The molecule has 0 fully saturated rings. The molecule has 0 saturated carbocycles. The normalized spacial score (nSPS) is 12.2. The highest BCUT2D eigenvalue weighted by molar-refractivity contribution is 6.33. The van der Waals surface area contributed by atoms with E-state index in [9.17, 15) is 19.1 Å². The number of carbonyl (C=O) groups is 2. The van der Waals surface area contributed by atoms with Gasteiger partial charge in [0.15, 0.2) is 0 Å². The van der Waals surface area contributed by atoms with Gasteiger partial charge in [-0.2, -0.15) is 0 Å². The van der Waals surface area contributed by atoms with Crippen LogP contribution in [0.4, 0.5) is 4.39 Å². The Hall–Kier alpha value is -2.86. The Bertz CT molecular complexity index is 1090. The molecule has 0 saturated heterocycles. The summed E-state index contributed by atoms with van der Waals surface area (Å²) in [5.74, 6) is -1.42. The predicted molar refractivity (Wildman–Crippen MR) is 109 cm³/mol. The summed E-state index contributed by atoms with van der Waals surface area (Å²) in [6, 6.07) is 8.10. The number of ether oxygens (including phenoxy) is 1. The lowest BCUT2D eigenvalue weighted by molar-refractivity contribution is -0.147. The quantitative estimate of drug-likeness (QED) is 0.592. The zero-order chi connectivity index (χ0) is 21.3. The first-order chi connectivity index (χ1) is 13.7. The molecule has 1 aromatic heterocycles. The molecule has 29 heavy (non-hydrogen) atoms. The van der Waals surface area contributed by atoms with E-state index in [1.165, 1.54) is 41.0 Å². The number of aromatic hydroxyl groups is 1. The first-order valence-electron chi connectivity index (χ1n) is 9.25. The lowest BCUT2D eigenvalue weighted by Crippen LogP contribution is -2.17. The summed E-state index contributed by atoms with van der Waals surface area (Å²) in [5.41, 5.74) is 1.82. The van der Waals surface area contributed by atoms with Crippen molar-refractivity contribution in [3.8, 4) is 5.75 Å². The Morgan fingerprint density at radius 2 is 1.90 bits per heavy atom. The van der Waals surface area contributed by atoms with Crippen LogP contribution in [0.25, 0.3) is 10.9 Å². The van der Waals surface area contributed by atoms with E-state index in [0.717, 1.165) is 0 Å². The number of hydrogen-bond donors (Lipinski definition) is 1. The Balaban J connectivity index is 2.13. The molecule has 3 aromatic rings. The number of hydrogen-bond acceptors (Lipinski definition) is 4. The Labute approximate surface area is 172 Å². The SMILES string of the molecule is CCC(C)OC(=O)Cc1c(C)n(C(=O)c2ccc(F)cc2)c2cc(Cl)c(O)cc12. The van der Waals surface area contributed by atoms with E-state index in [2.05, 4.69) is 0 Å². The highest BCUT2D eigenvalue weighted by Gasteiger charge is 2.23. The number of phenolic OH excluding ortho intramolecular Hbond substituents is 1. The van der Waals surface area contributed by atoms with Crippen LogP contribution < -0.4 is 0 Å². The lowest BCUT2D eigenvalue weighted by Gasteiger charge is -2.11. The summed E-state index contributed by atoms with van der Waals surface area (Å²) in [7, 11) is 0. The van der Waals surface area contributed by atoms with Crippen molar-refractivity contribution in [3.05, 3.63) is 64.1 Å². The minimum atomic E-state index is -0.447. The number of phenols is 1. The largest absolute Gasteiger partial charge is 0.506 e. The van der Waals surface area contributed by atoms with Gasteiger partial charge in [-0.25, -0.2) is 4.39 Å². The fourth-order valence-electron chi connectivity index (χ4n) is 3.19. The maximum Gasteiger partial charge on any atom is 0.310 e. The molecule has 0 spiro atoms. The highest BCUT2D eigenvalue weighted by Crippen LogP contribution is 2.35. The van der Waals surface area contributed by atoms with Crippen molar-refractivity contribution in [2.45, 2.75) is 39.7 Å². The minimum absolute atomic E-state index is 0.0581. The van der Waals surface area contributed by atoms with Crippen LogP contribution in [0.3, 0.4) is 0 Å². The first kappa shape index (κ1) is 20.9. The average molecular weight is 418 g/mol. The van der Waals surface area contributed by atoms with Crippen molar-refractivity contribution in [2.24, 2.45) is 0 Å². The Kier molecular flexibility index (Phi) is 5.94. The van der Waals surface area contributed by atoms with Crippen molar-refractivity contribution in [1.82, 2.24) is 4.57 Å². The van der Waals surface area contributed by atoms with E-state index in [4.69, 9.17) is 16.3 Å². The standard InChI is InChI=1S/C22H21ClFNO4/c1-4-12(2)29-21(27)10-16-13(3)25(19-11-18(23)20(26)9-17(16)19)22(28)14-5-7-15(24)8-6-14/h5-9,11-12,26H,4,10H2,1-3H3. The maximum absolute atomic E-state index is 13.2. The third-order valence-electron chi connectivity index (χ3n) is 4.93. The molecule has 3 rings (SSSR count). The summed E-state index contributed by atoms with van der Waals surface area (Å²) in [6.07, 6.45) is 0.406. The number of esters is 1. The molecule has 0 amide bonds. The van der Waals surface area contributed by atoms with Crippen LogP contribution in [0.15, 0.2) is 36.4 Å². The van der Waals surface area contributed by atoms with Crippen LogP contribution in [0.2, 0.25) is 5.02 Å². The van der Waals surface area contributed by atoms with Gasteiger partial charge in [0.1, 0.15) is 11.6 Å². The van der Waals surface area contributed by atoms with Crippen LogP contribution in [0, 0.1) is 12.7 Å². The topological polar surface area (TPSA) is 68.5 Å². The molecule has 0 aliphatic rings. The first-order valence-corrected chi connectivity index (χ1v) is 9.62. The maximum atomic E-state index is 13.2. The zero-order valence-electron chi connectivity index (χ0n) is 16.3. The van der Waals surface area contributed by atoms with Crippen molar-refractivity contribution in [2.75, 3.05) is 0 Å². The van der Waals surface area contributed by atoms with Gasteiger partial charge < -0.3 is 9.84 Å². The monoisotopic (exact) mass is 417 g/mol. The molecular formula is C22H21ClFNO4. The van der Waals surface area contributed by atoms with E-state index < -0.39 is 17.7 Å². The second-order valence-corrected chi connectivity index (χ2v) is 7.32. The molecule has 1 N–H and O–H groups in total. The van der Waals surface area contributed by atoms with Gasteiger partial charge in [0.05, 0.1) is 23.1 Å². The number of carbonyl (C=O) groups excluding carboxylic acids is 2. The molecule has 0 radical (unpaired) electrons. The summed E-state index contributed by atoms with van der Waals surface area (Å²) in [5, 5.41) is 10.7. The third-order valence-corrected chi connectivity index (χ3v) is 5.23. The number of aromatic nitrogens is 1. The fraction of sp³-hybridized carbons (Fsp3) is 0.273. The lowest BCUT2D eigenvalue weighted by atomic mass is 10.1. The van der Waals surface area contributed by atoms with Gasteiger partial charge >= 0.3 is 5.97 Å². The van der Waals surface area contributed by atoms with E-state index in [0.29, 0.717) is 28.6 Å². The van der Waals surface area contributed by atoms with Gasteiger partial charge in [0, 0.05) is 16.6 Å². The number of fused-ring (bicyclic) bond motifs is 1. The smallest absolute Gasteiger partial charge is 0.310 e. The van der Waals surface area contributed by atoms with Crippen molar-refractivity contribution < 1.29 is 23.8 Å². The van der Waals surface area contributed by atoms with Gasteiger partial charge in [0.2, 0.25) is 0 Å². The minimum Gasteiger partial charge on any atom is -0.506 e. The second-order valence-electron chi connectivity index (χ2n) is 6.92. The Morgan fingerprint density at radius 3 is 2.52 bits per heavy atom. The summed E-state index contributed by atoms with van der Waals surface area (Å²) in [6.45, 7) is 5.42. The number of benzene rings is 2. The Morgan fingerprint density at radius 1 is 1.24 bits per heavy atom. The van der Waals surface area contributed by atoms with Crippen molar-refractivity contribution in [1.29, 1.82) is 0 Å². The van der Waals surface area contributed by atoms with Gasteiger partial charge in [-0.1, -0.05) is 18.5 Å². The van der Waals surface area contributed by atoms with Crippen molar-refractivity contribution >= 4 is 34.4 Å². The zero-order valence-corrected chi connectivity index (χ0v) is 17.1. The molecular weight excluding hydrogens is 397 g/mol. The molecule has 0 bridgehead atoms. The number of halogens is 2. The second kappa shape index (κ2) is 8.25. The molecule has 0 aliphatic carbocycles. The molecule has 1 atom stereocenters. The van der Waals surface area contributed by atoms with Crippen molar-refractivity contribution in [3.63, 3.8) is 0 Å².